The predicted octanol–water partition coefficient (Wildman–Crippen LogP) is 4.97. The van der Waals surface area contributed by atoms with E-state index in [-0.39, 0.29) is 0 Å². The molecule has 0 saturated heterocycles. The van der Waals surface area contributed by atoms with Crippen molar-refractivity contribution >= 4 is 23.0 Å². The van der Waals surface area contributed by atoms with Crippen molar-refractivity contribution in [3.05, 3.63) is 41.3 Å². The zero-order chi connectivity index (χ0) is 17.0. The number of allylic oxidation sites excluding steroid dienone is 8. The van der Waals surface area contributed by atoms with Crippen molar-refractivity contribution in [1.82, 2.24) is 0 Å². The zero-order valence-electron chi connectivity index (χ0n) is 16.1. The third-order valence-electron chi connectivity index (χ3n) is 6.53. The summed E-state index contributed by atoms with van der Waals surface area (Å²) in [6, 6.07) is 0. The van der Waals surface area contributed by atoms with Crippen LogP contribution in [0.3, 0.4) is 0 Å². The van der Waals surface area contributed by atoms with Crippen LogP contribution in [-0.2, 0) is 17.4 Å². The molecule has 0 heterocycles. The normalized spacial score (nSPS) is 21.7. The average molecular weight is 428 g/mol. The summed E-state index contributed by atoms with van der Waals surface area (Å²) in [6.07, 6.45) is 12.9. The monoisotopic (exact) mass is 426 g/mol. The Balaban J connectivity index is 2.38. The maximum absolute atomic E-state index is 3.09. The van der Waals surface area contributed by atoms with Crippen LogP contribution in [0.5, 0.6) is 0 Å². The summed E-state index contributed by atoms with van der Waals surface area (Å²) in [7, 11) is -2.32. The molecule has 4 heteroatoms. The van der Waals surface area contributed by atoms with E-state index in [4.69, 9.17) is 0 Å². The van der Waals surface area contributed by atoms with Crippen molar-refractivity contribution in [3.63, 3.8) is 0 Å². The standard InChI is InChI=1S/2C8H13Si.2CH3.H2Si.Zr.2H/c2*1-9(2,3)8-6-4-5-7-8;;;;;;/h2*6-7H,4H2,1-3H3;2*1H3;1H2;;;. The molecule has 0 amide bonds. The van der Waals surface area contributed by atoms with Crippen LogP contribution in [0.1, 0.15) is 12.8 Å². The Kier molecular flexibility index (Phi) is 4.71. The predicted molar refractivity (Wildman–Crippen MR) is 111 cm³/mol. The molecular weight excluding hydrogens is 392 g/mol. The van der Waals surface area contributed by atoms with E-state index >= 15 is 0 Å². The van der Waals surface area contributed by atoms with E-state index < -0.39 is 33.5 Å². The van der Waals surface area contributed by atoms with Crippen molar-refractivity contribution in [1.29, 1.82) is 0 Å². The minimum atomic E-state index is -3.09. The van der Waals surface area contributed by atoms with Gasteiger partial charge in [0.25, 0.3) is 0 Å². The van der Waals surface area contributed by atoms with Gasteiger partial charge in [0.05, 0.1) is 0 Å². The van der Waals surface area contributed by atoms with Gasteiger partial charge in [-0.25, -0.2) is 0 Å². The van der Waals surface area contributed by atoms with Gasteiger partial charge in [0.2, 0.25) is 0 Å². The van der Waals surface area contributed by atoms with Gasteiger partial charge in [0.15, 0.2) is 0 Å². The van der Waals surface area contributed by atoms with Crippen LogP contribution >= 0.6 is 0 Å². The fourth-order valence-corrected chi connectivity index (χ4v) is 22.9. The SMILES string of the molecule is C[Si](C)(C)C1=CC[C]([ZrH2]([CH3])([CH3])(=[SiH2])[C]2=CC([Si](C)(C)C)=CC2)=C1. The Bertz CT molecular complexity index is 629. The first-order valence-electron chi connectivity index (χ1n) is 9.38. The van der Waals surface area contributed by atoms with Gasteiger partial charge < -0.3 is 0 Å². The summed E-state index contributed by atoms with van der Waals surface area (Å²) in [6.45, 7) is 17.3. The third kappa shape index (κ3) is 3.60. The van der Waals surface area contributed by atoms with Crippen molar-refractivity contribution in [2.75, 3.05) is 0 Å². The fourth-order valence-electron chi connectivity index (χ4n) is 4.08. The number of hydrogen-bond donors (Lipinski definition) is 0. The molecule has 22 heavy (non-hydrogen) atoms. The van der Waals surface area contributed by atoms with Crippen LogP contribution in [0.15, 0.2) is 41.3 Å². The topological polar surface area (TPSA) is 0 Å². The molecule has 0 aromatic heterocycles. The third-order valence-corrected chi connectivity index (χ3v) is 35.0. The van der Waals surface area contributed by atoms with Gasteiger partial charge in [-0.3, -0.25) is 0 Å². The van der Waals surface area contributed by atoms with E-state index in [9.17, 15) is 0 Å². The maximum atomic E-state index is 2.68. The number of hydrogen-bond acceptors (Lipinski definition) is 0. The molecular formula is C18H36Si3Zr. The second-order valence-electron chi connectivity index (χ2n) is 11.6. The molecule has 0 aromatic rings. The second kappa shape index (κ2) is 5.51. The Morgan fingerprint density at radius 2 is 1.09 bits per heavy atom. The Labute approximate surface area is 142 Å². The first-order valence-corrected chi connectivity index (χ1v) is 35.2. The van der Waals surface area contributed by atoms with E-state index in [0.717, 1.165) is 0 Å². The average Bonchev–Trinajstić information content (AvgIpc) is 2.97. The van der Waals surface area contributed by atoms with Crippen molar-refractivity contribution in [2.45, 2.75) is 61.4 Å². The molecule has 124 valence electrons. The van der Waals surface area contributed by atoms with Crippen molar-refractivity contribution in [2.24, 2.45) is 0 Å². The molecule has 0 fully saturated rings. The molecule has 0 saturated carbocycles. The van der Waals surface area contributed by atoms with Gasteiger partial charge in [-0.1, -0.05) is 0 Å². The van der Waals surface area contributed by atoms with Crippen LogP contribution in [0.2, 0.25) is 48.5 Å². The van der Waals surface area contributed by atoms with E-state index in [1.807, 2.05) is 6.56 Å². The van der Waals surface area contributed by atoms with E-state index in [1.54, 1.807) is 10.4 Å². The summed E-state index contributed by atoms with van der Waals surface area (Å²) in [4.78, 5) is 0. The molecule has 0 nitrogen and oxygen atoms in total. The molecule has 0 aliphatic heterocycles. The van der Waals surface area contributed by atoms with E-state index in [2.05, 4.69) is 79.7 Å². The summed E-state index contributed by atoms with van der Waals surface area (Å²) < 4.78 is 9.05. The molecule has 0 radical (unpaired) electrons. The van der Waals surface area contributed by atoms with Crippen LogP contribution in [0.4, 0.5) is 0 Å². The quantitative estimate of drug-likeness (QED) is 0.556. The van der Waals surface area contributed by atoms with Gasteiger partial charge in [0, 0.05) is 0 Å². The molecule has 0 spiro atoms. The summed E-state index contributed by atoms with van der Waals surface area (Å²) >= 11 is -3.09. The zero-order valence-corrected chi connectivity index (χ0v) is 23.0. The van der Waals surface area contributed by atoms with E-state index in [0.29, 0.717) is 0 Å². The summed E-state index contributed by atoms with van der Waals surface area (Å²) in [5, 5.41) is 3.39. The molecule has 0 atom stereocenters. The molecule has 2 rings (SSSR count). The Morgan fingerprint density at radius 1 is 0.773 bits per heavy atom. The van der Waals surface area contributed by atoms with Crippen LogP contribution in [0.25, 0.3) is 0 Å². The molecule has 0 aromatic carbocycles. The summed E-state index contributed by atoms with van der Waals surface area (Å²) in [5.41, 5.74) is 0. The first-order chi connectivity index (χ1) is 9.70. The van der Waals surface area contributed by atoms with Crippen molar-refractivity contribution in [3.8, 4) is 0 Å². The van der Waals surface area contributed by atoms with Gasteiger partial charge in [-0.05, 0) is 0 Å². The van der Waals surface area contributed by atoms with Crippen LogP contribution in [0, 0.1) is 0 Å². The van der Waals surface area contributed by atoms with Gasteiger partial charge in [0.1, 0.15) is 0 Å². The van der Waals surface area contributed by atoms with Crippen molar-refractivity contribution < 1.29 is 17.4 Å². The minimum absolute atomic E-state index is 1.16. The molecule has 0 unspecified atom stereocenters. The van der Waals surface area contributed by atoms with E-state index in [1.165, 1.54) is 12.8 Å². The second-order valence-corrected chi connectivity index (χ2v) is 62.7. The molecule has 2 aliphatic carbocycles. The first kappa shape index (κ1) is 18.8. The molecule has 2 aliphatic rings. The number of rotatable bonds is 4. The molecule has 0 N–H and O–H groups in total. The van der Waals surface area contributed by atoms with Gasteiger partial charge in [-0.2, -0.15) is 0 Å². The summed E-state index contributed by atoms with van der Waals surface area (Å²) in [5.74, 6) is 0. The van der Waals surface area contributed by atoms with Crippen LogP contribution in [-0.4, -0.2) is 23.0 Å². The van der Waals surface area contributed by atoms with Gasteiger partial charge >= 0.3 is 143 Å². The van der Waals surface area contributed by atoms with Crippen LogP contribution < -0.4 is 0 Å². The Morgan fingerprint density at radius 3 is 1.32 bits per heavy atom. The Hall–Kier alpha value is 0.494. The fraction of sp³-hybridized carbons (Fsp3) is 0.556. The van der Waals surface area contributed by atoms with Gasteiger partial charge in [-0.15, -0.1) is 0 Å². The molecule has 0 bridgehead atoms.